The molecule has 1 aromatic carbocycles. The fraction of sp³-hybridized carbons (Fsp3) is 0.632. The fourth-order valence-corrected chi connectivity index (χ4v) is 3.76. The molecule has 3 rings (SSSR count). The molecule has 0 bridgehead atoms. The van der Waals surface area contributed by atoms with Crippen molar-refractivity contribution >= 4 is 5.91 Å². The lowest BCUT2D eigenvalue weighted by Gasteiger charge is -2.38. The molecule has 2 atom stereocenters. The number of hydrogen-bond donors (Lipinski definition) is 1. The third-order valence-electron chi connectivity index (χ3n) is 5.03. The number of hydrogen-bond acceptors (Lipinski definition) is 4. The van der Waals surface area contributed by atoms with E-state index in [1.54, 1.807) is 0 Å². The van der Waals surface area contributed by atoms with Crippen LogP contribution in [0.4, 0.5) is 0 Å². The molecule has 2 fully saturated rings. The third kappa shape index (κ3) is 4.28. The predicted molar refractivity (Wildman–Crippen MR) is 93.1 cm³/mol. The van der Waals surface area contributed by atoms with E-state index in [-0.39, 0.29) is 0 Å². The molecule has 1 amide bonds. The van der Waals surface area contributed by atoms with Crippen molar-refractivity contribution in [2.45, 2.75) is 44.8 Å². The predicted octanol–water partition coefficient (Wildman–Crippen LogP) is 1.82. The average Bonchev–Trinajstić information content (AvgIpc) is 3.00. The Hall–Kier alpha value is -1.59. The largest absolute Gasteiger partial charge is 0.491 e. The van der Waals surface area contributed by atoms with E-state index < -0.39 is 6.10 Å². The number of piperidine rings is 1. The molecule has 2 heterocycles. The molecule has 5 nitrogen and oxygen atoms in total. The van der Waals surface area contributed by atoms with Crippen molar-refractivity contribution in [2.75, 3.05) is 32.8 Å². The van der Waals surface area contributed by atoms with Crippen LogP contribution >= 0.6 is 0 Å². The highest BCUT2D eigenvalue weighted by atomic mass is 16.5. The van der Waals surface area contributed by atoms with Crippen LogP contribution in [0.1, 0.15) is 31.2 Å². The van der Waals surface area contributed by atoms with Gasteiger partial charge in [-0.25, -0.2) is 0 Å². The van der Waals surface area contributed by atoms with Gasteiger partial charge in [0, 0.05) is 32.1 Å². The lowest BCUT2D eigenvalue weighted by molar-refractivity contribution is -0.130. The minimum Gasteiger partial charge on any atom is -0.491 e. The Morgan fingerprint density at radius 1 is 1.29 bits per heavy atom. The minimum atomic E-state index is -0.516. The number of aryl methyl sites for hydroxylation is 1. The molecule has 132 valence electrons. The molecule has 0 aromatic heterocycles. The second-order valence-corrected chi connectivity index (χ2v) is 6.98. The van der Waals surface area contributed by atoms with E-state index in [9.17, 15) is 9.90 Å². The Morgan fingerprint density at radius 2 is 2.12 bits per heavy atom. The maximum atomic E-state index is 11.9. The molecule has 24 heavy (non-hydrogen) atoms. The Kier molecular flexibility index (Phi) is 5.74. The van der Waals surface area contributed by atoms with Gasteiger partial charge in [-0.15, -0.1) is 0 Å². The zero-order valence-corrected chi connectivity index (χ0v) is 14.5. The summed E-state index contributed by atoms with van der Waals surface area (Å²) in [5, 5.41) is 10.3. The van der Waals surface area contributed by atoms with Crippen molar-refractivity contribution in [3.63, 3.8) is 0 Å². The fourth-order valence-electron chi connectivity index (χ4n) is 3.76. The standard InChI is InChI=1S/C19H28N2O3/c1-15-6-2-3-8-18(15)24-14-17(22)13-20-10-4-7-16(12-20)21-11-5-9-19(21)23/h2-3,6,8,16-17,22H,4-5,7,9-14H2,1H3. The maximum Gasteiger partial charge on any atom is 0.222 e. The van der Waals surface area contributed by atoms with Crippen molar-refractivity contribution in [3.05, 3.63) is 29.8 Å². The Bertz CT molecular complexity index is 563. The van der Waals surface area contributed by atoms with Crippen LogP contribution in [-0.4, -0.2) is 65.7 Å². The SMILES string of the molecule is Cc1ccccc1OCC(O)CN1CCCC(N2CCCC2=O)C1. The van der Waals surface area contributed by atoms with E-state index in [2.05, 4.69) is 4.90 Å². The summed E-state index contributed by atoms with van der Waals surface area (Å²) in [5.41, 5.74) is 1.08. The summed E-state index contributed by atoms with van der Waals surface area (Å²) in [6.45, 7) is 5.66. The molecule has 5 heteroatoms. The summed E-state index contributed by atoms with van der Waals surface area (Å²) < 4.78 is 5.74. The highest BCUT2D eigenvalue weighted by molar-refractivity contribution is 5.78. The first-order valence-corrected chi connectivity index (χ1v) is 9.02. The number of likely N-dealkylation sites (tertiary alicyclic amines) is 2. The monoisotopic (exact) mass is 332 g/mol. The number of ether oxygens (including phenoxy) is 1. The topological polar surface area (TPSA) is 53.0 Å². The number of para-hydroxylation sites is 1. The van der Waals surface area contributed by atoms with Crippen molar-refractivity contribution in [1.29, 1.82) is 0 Å². The van der Waals surface area contributed by atoms with Gasteiger partial charge in [-0.2, -0.15) is 0 Å². The van der Waals surface area contributed by atoms with Crippen molar-refractivity contribution in [3.8, 4) is 5.75 Å². The molecule has 0 aliphatic carbocycles. The van der Waals surface area contributed by atoms with Gasteiger partial charge >= 0.3 is 0 Å². The van der Waals surface area contributed by atoms with Crippen LogP contribution in [0.2, 0.25) is 0 Å². The third-order valence-corrected chi connectivity index (χ3v) is 5.03. The molecular weight excluding hydrogens is 304 g/mol. The first-order valence-electron chi connectivity index (χ1n) is 9.02. The number of aliphatic hydroxyl groups is 1. The van der Waals surface area contributed by atoms with Crippen LogP contribution in [-0.2, 0) is 4.79 Å². The first-order chi connectivity index (χ1) is 11.6. The molecule has 1 aromatic rings. The molecular formula is C19H28N2O3. The number of rotatable bonds is 6. The molecule has 2 saturated heterocycles. The van der Waals surface area contributed by atoms with Gasteiger partial charge in [0.05, 0.1) is 0 Å². The van der Waals surface area contributed by atoms with E-state index in [0.29, 0.717) is 31.5 Å². The summed E-state index contributed by atoms with van der Waals surface area (Å²) in [6, 6.07) is 8.17. The molecule has 2 aliphatic heterocycles. The summed E-state index contributed by atoms with van der Waals surface area (Å²) in [7, 11) is 0. The number of amides is 1. The number of nitrogens with zero attached hydrogens (tertiary/aromatic N) is 2. The van der Waals surface area contributed by atoms with Crippen LogP contribution in [0.5, 0.6) is 5.75 Å². The highest BCUT2D eigenvalue weighted by Gasteiger charge is 2.31. The van der Waals surface area contributed by atoms with Gasteiger partial charge in [-0.3, -0.25) is 9.69 Å². The average molecular weight is 332 g/mol. The smallest absolute Gasteiger partial charge is 0.222 e. The lowest BCUT2D eigenvalue weighted by atomic mass is 10.0. The molecule has 1 N–H and O–H groups in total. The summed E-state index contributed by atoms with van der Waals surface area (Å²) >= 11 is 0. The Morgan fingerprint density at radius 3 is 2.88 bits per heavy atom. The van der Waals surface area contributed by atoms with E-state index in [0.717, 1.165) is 50.2 Å². The highest BCUT2D eigenvalue weighted by Crippen LogP contribution is 2.22. The molecule has 0 radical (unpaired) electrons. The van der Waals surface area contributed by atoms with Gasteiger partial charge in [-0.1, -0.05) is 18.2 Å². The van der Waals surface area contributed by atoms with E-state index in [1.165, 1.54) is 0 Å². The summed E-state index contributed by atoms with van der Waals surface area (Å²) in [6.07, 6.45) is 3.33. The molecule has 2 aliphatic rings. The normalized spacial score (nSPS) is 23.5. The minimum absolute atomic E-state index is 0.297. The van der Waals surface area contributed by atoms with E-state index >= 15 is 0 Å². The van der Waals surface area contributed by atoms with Crippen LogP contribution in [0.3, 0.4) is 0 Å². The van der Waals surface area contributed by atoms with Gasteiger partial charge in [0.15, 0.2) is 0 Å². The first kappa shape index (κ1) is 17.2. The summed E-state index contributed by atoms with van der Waals surface area (Å²) in [4.78, 5) is 16.2. The molecule has 2 unspecified atom stereocenters. The maximum absolute atomic E-state index is 11.9. The summed E-state index contributed by atoms with van der Waals surface area (Å²) in [5.74, 6) is 1.13. The zero-order valence-electron chi connectivity index (χ0n) is 14.5. The van der Waals surface area contributed by atoms with Gasteiger partial charge in [-0.05, 0) is 44.4 Å². The quantitative estimate of drug-likeness (QED) is 0.863. The number of benzene rings is 1. The molecule has 0 spiro atoms. The number of carbonyl (C=O) groups excluding carboxylic acids is 1. The van der Waals surface area contributed by atoms with Crippen molar-refractivity contribution in [2.24, 2.45) is 0 Å². The van der Waals surface area contributed by atoms with Crippen LogP contribution in [0.25, 0.3) is 0 Å². The zero-order chi connectivity index (χ0) is 16.9. The Labute approximate surface area is 144 Å². The van der Waals surface area contributed by atoms with Crippen LogP contribution in [0.15, 0.2) is 24.3 Å². The van der Waals surface area contributed by atoms with E-state index in [4.69, 9.17) is 4.74 Å². The number of aliphatic hydroxyl groups excluding tert-OH is 1. The van der Waals surface area contributed by atoms with Crippen LogP contribution in [0, 0.1) is 6.92 Å². The van der Waals surface area contributed by atoms with E-state index in [1.807, 2.05) is 36.1 Å². The second-order valence-electron chi connectivity index (χ2n) is 6.98. The van der Waals surface area contributed by atoms with Gasteiger partial charge < -0.3 is 14.7 Å². The Balaban J connectivity index is 1.46. The van der Waals surface area contributed by atoms with Gasteiger partial charge in [0.1, 0.15) is 18.5 Å². The molecule has 0 saturated carbocycles. The van der Waals surface area contributed by atoms with Crippen molar-refractivity contribution in [1.82, 2.24) is 9.80 Å². The van der Waals surface area contributed by atoms with Gasteiger partial charge in [0.25, 0.3) is 0 Å². The van der Waals surface area contributed by atoms with Gasteiger partial charge in [0.2, 0.25) is 5.91 Å². The number of β-amino-alcohol motifs (C(OH)–C–C–N with tert-alkyl or cyclic N) is 1. The second kappa shape index (κ2) is 7.99. The van der Waals surface area contributed by atoms with Crippen LogP contribution < -0.4 is 4.74 Å². The van der Waals surface area contributed by atoms with Crippen molar-refractivity contribution < 1.29 is 14.6 Å². The number of carbonyl (C=O) groups is 1. The lowest BCUT2D eigenvalue weighted by Crippen LogP contribution is -2.50.